The molecule has 0 fully saturated rings. The van der Waals surface area contributed by atoms with E-state index in [9.17, 15) is 0 Å². The van der Waals surface area contributed by atoms with E-state index in [1.54, 1.807) is 0 Å². The molecular formula is C4H7BaN. The predicted octanol–water partition coefficient (Wildman–Crippen LogP) is 0.859. The summed E-state index contributed by atoms with van der Waals surface area (Å²) in [4.78, 5) is 2.86. The zero-order valence-electron chi connectivity index (χ0n) is 5.52. The molecule has 1 heterocycles. The van der Waals surface area contributed by atoms with E-state index in [4.69, 9.17) is 0 Å². The molecule has 0 bridgehead atoms. The summed E-state index contributed by atoms with van der Waals surface area (Å²) in [5.74, 6) is 0. The number of nitrogens with one attached hydrogen (secondary N) is 1. The van der Waals surface area contributed by atoms with Gasteiger partial charge in [0.2, 0.25) is 0 Å². The van der Waals surface area contributed by atoms with Crippen molar-refractivity contribution in [3.8, 4) is 0 Å². The summed E-state index contributed by atoms with van der Waals surface area (Å²) in [5, 5.41) is 0. The van der Waals surface area contributed by atoms with Gasteiger partial charge in [-0.2, -0.15) is 0 Å². The third-order valence-corrected chi connectivity index (χ3v) is 0.496. The molecule has 1 aromatic rings. The summed E-state index contributed by atoms with van der Waals surface area (Å²) in [5.41, 5.74) is 0. The van der Waals surface area contributed by atoms with Gasteiger partial charge in [0.05, 0.1) is 0 Å². The molecule has 0 saturated carbocycles. The molecule has 0 unspecified atom stereocenters. The van der Waals surface area contributed by atoms with E-state index in [0.717, 1.165) is 0 Å². The molecule has 0 aromatic carbocycles. The van der Waals surface area contributed by atoms with Gasteiger partial charge >= 0.3 is 48.9 Å². The van der Waals surface area contributed by atoms with E-state index in [-0.39, 0.29) is 51.7 Å². The van der Waals surface area contributed by atoms with Crippen molar-refractivity contribution >= 4 is 48.9 Å². The van der Waals surface area contributed by atoms with Crippen molar-refractivity contribution in [3.63, 3.8) is 0 Å². The van der Waals surface area contributed by atoms with Crippen LogP contribution in [0.25, 0.3) is 0 Å². The third-order valence-electron chi connectivity index (χ3n) is 0.496. The zero-order chi connectivity index (χ0) is 3.54. The minimum Gasteiger partial charge on any atom is -1.00 e. The Balaban J connectivity index is -0.0000000833. The van der Waals surface area contributed by atoms with Gasteiger partial charge in [-0.25, -0.2) is 0 Å². The second kappa shape index (κ2) is 4.02. The smallest absolute Gasteiger partial charge is 1.00 e. The van der Waals surface area contributed by atoms with Crippen molar-refractivity contribution in [2.75, 3.05) is 0 Å². The van der Waals surface area contributed by atoms with Crippen LogP contribution >= 0.6 is 0 Å². The summed E-state index contributed by atoms with van der Waals surface area (Å²) < 4.78 is 0. The molecule has 0 atom stereocenters. The third kappa shape index (κ3) is 2.10. The molecule has 0 amide bonds. The van der Waals surface area contributed by atoms with Crippen LogP contribution in [-0.2, 0) is 0 Å². The molecule has 1 N–H and O–H groups in total. The first kappa shape index (κ1) is 6.85. The normalized spacial score (nSPS) is 6.67. The molecule has 0 saturated heterocycles. The Morgan fingerprint density at radius 1 is 1.17 bits per heavy atom. The van der Waals surface area contributed by atoms with Gasteiger partial charge in [0.15, 0.2) is 0 Å². The van der Waals surface area contributed by atoms with Crippen LogP contribution < -0.4 is 0 Å². The Bertz CT molecular complexity index is 70.5. The van der Waals surface area contributed by atoms with Crippen molar-refractivity contribution in [1.29, 1.82) is 0 Å². The van der Waals surface area contributed by atoms with Gasteiger partial charge < -0.3 is 7.84 Å². The summed E-state index contributed by atoms with van der Waals surface area (Å²) in [6.45, 7) is 0. The van der Waals surface area contributed by atoms with Gasteiger partial charge in [-0.3, -0.25) is 0 Å². The minimum absolute atomic E-state index is 0. The van der Waals surface area contributed by atoms with E-state index in [2.05, 4.69) is 4.98 Å². The van der Waals surface area contributed by atoms with E-state index in [1.165, 1.54) is 0 Å². The molecule has 1 rings (SSSR count). The van der Waals surface area contributed by atoms with Crippen molar-refractivity contribution in [1.82, 2.24) is 4.98 Å². The molecule has 0 aliphatic heterocycles. The number of aromatic amines is 1. The monoisotopic (exact) mass is 207 g/mol. The van der Waals surface area contributed by atoms with Crippen molar-refractivity contribution in [2.24, 2.45) is 0 Å². The maximum Gasteiger partial charge on any atom is 2.00 e. The van der Waals surface area contributed by atoms with Gasteiger partial charge in [0, 0.05) is 12.4 Å². The second-order valence-corrected chi connectivity index (χ2v) is 0.885. The number of hydrogen-bond acceptors (Lipinski definition) is 0. The Morgan fingerprint density at radius 2 is 1.67 bits per heavy atom. The first-order valence-corrected chi connectivity index (χ1v) is 1.58. The van der Waals surface area contributed by atoms with Crippen LogP contribution in [0.1, 0.15) is 2.85 Å². The predicted molar refractivity (Wildman–Crippen MR) is 28.8 cm³/mol. The number of H-pyrrole nitrogens is 1. The average molecular weight is 206 g/mol. The quantitative estimate of drug-likeness (QED) is 0.606. The summed E-state index contributed by atoms with van der Waals surface area (Å²) in [6.07, 6.45) is 3.75. The molecule has 0 aliphatic rings. The fourth-order valence-corrected chi connectivity index (χ4v) is 0.278. The van der Waals surface area contributed by atoms with Crippen LogP contribution in [0.15, 0.2) is 24.5 Å². The fourth-order valence-electron chi connectivity index (χ4n) is 0.278. The van der Waals surface area contributed by atoms with E-state index >= 15 is 0 Å². The van der Waals surface area contributed by atoms with Crippen LogP contribution in [0.3, 0.4) is 0 Å². The van der Waals surface area contributed by atoms with Gasteiger partial charge in [-0.1, -0.05) is 0 Å². The zero-order valence-corrected chi connectivity index (χ0v) is 7.96. The first-order valence-electron chi connectivity index (χ1n) is 1.58. The second-order valence-electron chi connectivity index (χ2n) is 0.885. The molecule has 0 aliphatic carbocycles. The van der Waals surface area contributed by atoms with Gasteiger partial charge in [0.1, 0.15) is 0 Å². The van der Waals surface area contributed by atoms with Crippen molar-refractivity contribution < 1.29 is 2.85 Å². The molecule has 1 aromatic heterocycles. The van der Waals surface area contributed by atoms with Crippen LogP contribution in [0, 0.1) is 0 Å². The van der Waals surface area contributed by atoms with E-state index in [0.29, 0.717) is 0 Å². The SMILES string of the molecule is [Ba+2].[H-].[H-].c1cc[nH]c1. The Hall–Kier alpha value is 0.851. The number of hydrogen-bond donors (Lipinski definition) is 1. The molecule has 0 spiro atoms. The van der Waals surface area contributed by atoms with Crippen molar-refractivity contribution in [3.05, 3.63) is 24.5 Å². The van der Waals surface area contributed by atoms with Gasteiger partial charge in [0.25, 0.3) is 0 Å². The summed E-state index contributed by atoms with van der Waals surface area (Å²) in [7, 11) is 0. The van der Waals surface area contributed by atoms with Gasteiger partial charge in [-0.05, 0) is 12.1 Å². The molecule has 1 nitrogen and oxygen atoms in total. The Morgan fingerprint density at radius 3 is 1.83 bits per heavy atom. The largest absolute Gasteiger partial charge is 2.00 e. The molecule has 0 radical (unpaired) electrons. The minimum atomic E-state index is 0. The topological polar surface area (TPSA) is 15.8 Å². The molecule has 30 valence electrons. The maximum atomic E-state index is 2.86. The number of rotatable bonds is 0. The molecular weight excluding hydrogens is 199 g/mol. The van der Waals surface area contributed by atoms with Gasteiger partial charge in [-0.15, -0.1) is 0 Å². The van der Waals surface area contributed by atoms with E-state index < -0.39 is 0 Å². The first-order chi connectivity index (χ1) is 2.50. The summed E-state index contributed by atoms with van der Waals surface area (Å²) >= 11 is 0. The molecule has 6 heavy (non-hydrogen) atoms. The van der Waals surface area contributed by atoms with Crippen LogP contribution in [0.5, 0.6) is 0 Å². The van der Waals surface area contributed by atoms with E-state index in [1.807, 2.05) is 24.5 Å². The maximum absolute atomic E-state index is 2.86. The van der Waals surface area contributed by atoms with Crippen LogP contribution in [-0.4, -0.2) is 53.9 Å². The molecule has 2 heteroatoms. The van der Waals surface area contributed by atoms with Crippen LogP contribution in [0.2, 0.25) is 0 Å². The fraction of sp³-hybridized carbons (Fsp3) is 0. The summed E-state index contributed by atoms with van der Waals surface area (Å²) in [6, 6.07) is 3.89. The average Bonchev–Trinajstić information content (AvgIpc) is 1.76. The standard InChI is InChI=1S/C4H5N.Ba.2H/c1-2-4-5-3-1;;;/h1-5H;;;/q;+2;2*-1. The van der Waals surface area contributed by atoms with Crippen molar-refractivity contribution in [2.45, 2.75) is 0 Å². The Kier molecular flexibility index (Phi) is 4.59. The van der Waals surface area contributed by atoms with Crippen LogP contribution in [0.4, 0.5) is 0 Å². The number of aromatic nitrogens is 1. The Labute approximate surface area is 80.2 Å².